The van der Waals surface area contributed by atoms with Gasteiger partial charge in [0.1, 0.15) is 5.82 Å². The first-order valence-corrected chi connectivity index (χ1v) is 7.79. The highest BCUT2D eigenvalue weighted by atomic mass is 15.2. The lowest BCUT2D eigenvalue weighted by atomic mass is 9.98. The van der Waals surface area contributed by atoms with E-state index in [9.17, 15) is 0 Å². The minimum absolute atomic E-state index is 0.103. The average molecular weight is 281 g/mol. The van der Waals surface area contributed by atoms with Crippen LogP contribution in [0.5, 0.6) is 0 Å². The summed E-state index contributed by atoms with van der Waals surface area (Å²) in [5, 5.41) is 0. The molecule has 1 atom stereocenters. The standard InChI is InChI=1S/C18H23N3/c1-14-16(18(19)15-8-4-2-5-9-15)10-11-17(20-14)21-12-6-3-7-13-21/h2,4-5,8-11,18H,3,6-7,12-13,19H2,1H3/t18-/m0/s1. The van der Waals surface area contributed by atoms with Gasteiger partial charge in [0, 0.05) is 18.8 Å². The summed E-state index contributed by atoms with van der Waals surface area (Å²) in [6.45, 7) is 4.30. The number of hydrogen-bond donors (Lipinski definition) is 1. The molecule has 1 aromatic carbocycles. The third-order valence-electron chi connectivity index (χ3n) is 4.29. The molecule has 1 saturated heterocycles. The summed E-state index contributed by atoms with van der Waals surface area (Å²) < 4.78 is 0. The molecular weight excluding hydrogens is 258 g/mol. The molecule has 1 fully saturated rings. The van der Waals surface area contributed by atoms with Gasteiger partial charge in [-0.25, -0.2) is 4.98 Å². The first-order valence-electron chi connectivity index (χ1n) is 7.79. The Balaban J connectivity index is 1.84. The molecule has 3 rings (SSSR count). The Kier molecular flexibility index (Phi) is 4.20. The Bertz CT molecular complexity index is 589. The predicted molar refractivity (Wildman–Crippen MR) is 87.5 cm³/mol. The Labute approximate surface area is 126 Å². The van der Waals surface area contributed by atoms with Crippen molar-refractivity contribution in [2.75, 3.05) is 18.0 Å². The molecule has 0 spiro atoms. The van der Waals surface area contributed by atoms with Gasteiger partial charge in [0.2, 0.25) is 0 Å². The van der Waals surface area contributed by atoms with Gasteiger partial charge in [0.25, 0.3) is 0 Å². The number of hydrogen-bond acceptors (Lipinski definition) is 3. The van der Waals surface area contributed by atoms with E-state index in [4.69, 9.17) is 10.7 Å². The minimum Gasteiger partial charge on any atom is -0.357 e. The first-order chi connectivity index (χ1) is 10.3. The molecule has 2 aromatic rings. The summed E-state index contributed by atoms with van der Waals surface area (Å²) >= 11 is 0. The zero-order valence-electron chi connectivity index (χ0n) is 12.6. The third kappa shape index (κ3) is 3.08. The van der Waals surface area contributed by atoms with Gasteiger partial charge >= 0.3 is 0 Å². The topological polar surface area (TPSA) is 42.2 Å². The van der Waals surface area contributed by atoms with Gasteiger partial charge in [0.15, 0.2) is 0 Å². The Hall–Kier alpha value is -1.87. The molecular formula is C18H23N3. The van der Waals surface area contributed by atoms with E-state index >= 15 is 0 Å². The lowest BCUT2D eigenvalue weighted by molar-refractivity contribution is 0.573. The van der Waals surface area contributed by atoms with Crippen molar-refractivity contribution >= 4 is 5.82 Å². The molecule has 110 valence electrons. The van der Waals surface area contributed by atoms with Crippen LogP contribution in [0.4, 0.5) is 5.82 Å². The second kappa shape index (κ2) is 6.27. The van der Waals surface area contributed by atoms with Crippen LogP contribution in [0.25, 0.3) is 0 Å². The fraction of sp³-hybridized carbons (Fsp3) is 0.389. The molecule has 1 aliphatic heterocycles. The second-order valence-electron chi connectivity index (χ2n) is 5.78. The number of aromatic nitrogens is 1. The highest BCUT2D eigenvalue weighted by molar-refractivity contribution is 5.44. The van der Waals surface area contributed by atoms with Gasteiger partial charge < -0.3 is 10.6 Å². The number of nitrogens with zero attached hydrogens (tertiary/aromatic N) is 2. The monoisotopic (exact) mass is 281 g/mol. The molecule has 1 aliphatic rings. The van der Waals surface area contributed by atoms with Crippen molar-refractivity contribution in [3.05, 3.63) is 59.3 Å². The van der Waals surface area contributed by atoms with Crippen LogP contribution in [0, 0.1) is 6.92 Å². The van der Waals surface area contributed by atoms with E-state index in [1.54, 1.807) is 0 Å². The van der Waals surface area contributed by atoms with Crippen molar-refractivity contribution in [2.24, 2.45) is 5.73 Å². The zero-order chi connectivity index (χ0) is 14.7. The fourth-order valence-electron chi connectivity index (χ4n) is 3.03. The van der Waals surface area contributed by atoms with Crippen molar-refractivity contribution in [3.8, 4) is 0 Å². The van der Waals surface area contributed by atoms with Gasteiger partial charge in [-0.2, -0.15) is 0 Å². The van der Waals surface area contributed by atoms with E-state index in [0.29, 0.717) is 0 Å². The van der Waals surface area contributed by atoms with Crippen molar-refractivity contribution in [2.45, 2.75) is 32.2 Å². The molecule has 3 nitrogen and oxygen atoms in total. The molecule has 0 bridgehead atoms. The number of piperidine rings is 1. The Morgan fingerprint density at radius 3 is 2.38 bits per heavy atom. The van der Waals surface area contributed by atoms with Crippen molar-refractivity contribution in [1.29, 1.82) is 0 Å². The summed E-state index contributed by atoms with van der Waals surface area (Å²) in [4.78, 5) is 7.17. The van der Waals surface area contributed by atoms with Gasteiger partial charge in [-0.15, -0.1) is 0 Å². The zero-order valence-corrected chi connectivity index (χ0v) is 12.6. The third-order valence-corrected chi connectivity index (χ3v) is 4.29. The van der Waals surface area contributed by atoms with E-state index in [1.165, 1.54) is 19.3 Å². The van der Waals surface area contributed by atoms with E-state index in [2.05, 4.69) is 36.1 Å². The SMILES string of the molecule is Cc1nc(N2CCCCC2)ccc1[C@@H](N)c1ccccc1. The normalized spacial score (nSPS) is 16.8. The maximum absolute atomic E-state index is 6.39. The second-order valence-corrected chi connectivity index (χ2v) is 5.78. The molecule has 0 radical (unpaired) electrons. The Morgan fingerprint density at radius 1 is 1.00 bits per heavy atom. The van der Waals surface area contributed by atoms with Crippen LogP contribution < -0.4 is 10.6 Å². The number of anilines is 1. The summed E-state index contributed by atoms with van der Waals surface area (Å²) in [7, 11) is 0. The van der Waals surface area contributed by atoms with Crippen molar-refractivity contribution in [1.82, 2.24) is 4.98 Å². The summed E-state index contributed by atoms with van der Waals surface area (Å²) in [5.74, 6) is 1.09. The summed E-state index contributed by atoms with van der Waals surface area (Å²) in [6.07, 6.45) is 3.88. The maximum Gasteiger partial charge on any atom is 0.128 e. The largest absolute Gasteiger partial charge is 0.357 e. The number of nitrogens with two attached hydrogens (primary N) is 1. The van der Waals surface area contributed by atoms with Gasteiger partial charge in [0.05, 0.1) is 6.04 Å². The summed E-state index contributed by atoms with van der Waals surface area (Å²) in [5.41, 5.74) is 9.67. The molecule has 0 unspecified atom stereocenters. The van der Waals surface area contributed by atoms with E-state index in [1.807, 2.05) is 18.2 Å². The number of aryl methyl sites for hydroxylation is 1. The van der Waals surface area contributed by atoms with Gasteiger partial charge in [-0.05, 0) is 43.4 Å². The highest BCUT2D eigenvalue weighted by Gasteiger charge is 2.16. The predicted octanol–water partition coefficient (Wildman–Crippen LogP) is 3.43. The van der Waals surface area contributed by atoms with Crippen LogP contribution in [0.1, 0.15) is 42.1 Å². The molecule has 21 heavy (non-hydrogen) atoms. The number of pyridine rings is 1. The van der Waals surface area contributed by atoms with Crippen LogP contribution >= 0.6 is 0 Å². The fourth-order valence-corrected chi connectivity index (χ4v) is 3.03. The first kappa shape index (κ1) is 14.1. The van der Waals surface area contributed by atoms with Gasteiger partial charge in [-0.1, -0.05) is 36.4 Å². The molecule has 0 amide bonds. The number of benzene rings is 1. The van der Waals surface area contributed by atoms with Crippen molar-refractivity contribution < 1.29 is 0 Å². The molecule has 2 N–H and O–H groups in total. The lowest BCUT2D eigenvalue weighted by Crippen LogP contribution is -2.30. The van der Waals surface area contributed by atoms with Gasteiger partial charge in [-0.3, -0.25) is 0 Å². The quantitative estimate of drug-likeness (QED) is 0.937. The lowest BCUT2D eigenvalue weighted by Gasteiger charge is -2.28. The van der Waals surface area contributed by atoms with Crippen LogP contribution in [-0.4, -0.2) is 18.1 Å². The smallest absolute Gasteiger partial charge is 0.128 e. The van der Waals surface area contributed by atoms with E-state index in [-0.39, 0.29) is 6.04 Å². The van der Waals surface area contributed by atoms with E-state index in [0.717, 1.165) is 35.7 Å². The Morgan fingerprint density at radius 2 is 1.71 bits per heavy atom. The van der Waals surface area contributed by atoms with Crippen molar-refractivity contribution in [3.63, 3.8) is 0 Å². The maximum atomic E-state index is 6.39. The van der Waals surface area contributed by atoms with Crippen LogP contribution in [0.2, 0.25) is 0 Å². The molecule has 2 heterocycles. The van der Waals surface area contributed by atoms with Crippen LogP contribution in [-0.2, 0) is 0 Å². The minimum atomic E-state index is -0.103. The van der Waals surface area contributed by atoms with Crippen LogP contribution in [0.3, 0.4) is 0 Å². The average Bonchev–Trinajstić information content (AvgIpc) is 2.56. The van der Waals surface area contributed by atoms with E-state index < -0.39 is 0 Å². The summed E-state index contributed by atoms with van der Waals surface area (Å²) in [6, 6.07) is 14.4. The van der Waals surface area contributed by atoms with Crippen LogP contribution in [0.15, 0.2) is 42.5 Å². The number of rotatable bonds is 3. The highest BCUT2D eigenvalue weighted by Crippen LogP contribution is 2.25. The molecule has 3 heteroatoms. The molecule has 1 aromatic heterocycles. The molecule has 0 saturated carbocycles. The molecule has 0 aliphatic carbocycles.